The molecule has 0 saturated heterocycles. The standard InChI is InChI=1S/C21H26N2O3/c1-17-15-23(16-22-17)12-6-4-2-3-5-7-13-25-19-10-8-18-9-11-21(24)26-20(18)14-19/h8-11,14-16H,2-7,12-13H2,1H3. The van der Waals surface area contributed by atoms with Gasteiger partial charge in [0.2, 0.25) is 0 Å². The van der Waals surface area contributed by atoms with Crippen molar-refractivity contribution in [1.29, 1.82) is 0 Å². The van der Waals surface area contributed by atoms with Gasteiger partial charge in [0.05, 0.1) is 18.6 Å². The van der Waals surface area contributed by atoms with Crippen molar-refractivity contribution in [3.05, 3.63) is 59.0 Å². The summed E-state index contributed by atoms with van der Waals surface area (Å²) in [6, 6.07) is 8.81. The van der Waals surface area contributed by atoms with E-state index in [4.69, 9.17) is 9.15 Å². The molecule has 3 aromatic rings. The molecule has 0 aliphatic carbocycles. The first-order valence-electron chi connectivity index (χ1n) is 9.36. The highest BCUT2D eigenvalue weighted by atomic mass is 16.5. The van der Waals surface area contributed by atoms with Gasteiger partial charge < -0.3 is 13.7 Å². The average molecular weight is 354 g/mol. The van der Waals surface area contributed by atoms with E-state index in [1.165, 1.54) is 38.2 Å². The highest BCUT2D eigenvalue weighted by Crippen LogP contribution is 2.19. The molecule has 138 valence electrons. The quantitative estimate of drug-likeness (QED) is 0.390. The molecule has 0 aliphatic heterocycles. The number of aromatic nitrogens is 2. The van der Waals surface area contributed by atoms with Crippen LogP contribution in [-0.2, 0) is 6.54 Å². The molecule has 5 heteroatoms. The van der Waals surface area contributed by atoms with Crippen LogP contribution in [0.25, 0.3) is 11.0 Å². The number of aryl methyl sites for hydroxylation is 2. The van der Waals surface area contributed by atoms with Crippen LogP contribution in [0.4, 0.5) is 0 Å². The minimum atomic E-state index is -0.335. The summed E-state index contributed by atoms with van der Waals surface area (Å²) in [5, 5.41) is 0.905. The summed E-state index contributed by atoms with van der Waals surface area (Å²) < 4.78 is 13.1. The van der Waals surface area contributed by atoms with Crippen LogP contribution in [0.15, 0.2) is 52.1 Å². The average Bonchev–Trinajstić information content (AvgIpc) is 3.05. The zero-order chi connectivity index (χ0) is 18.2. The van der Waals surface area contributed by atoms with Crippen LogP contribution >= 0.6 is 0 Å². The molecule has 0 fully saturated rings. The third-order valence-corrected chi connectivity index (χ3v) is 4.44. The van der Waals surface area contributed by atoms with Crippen molar-refractivity contribution in [3.8, 4) is 5.75 Å². The maximum absolute atomic E-state index is 11.3. The van der Waals surface area contributed by atoms with E-state index < -0.39 is 0 Å². The van der Waals surface area contributed by atoms with Gasteiger partial charge >= 0.3 is 5.63 Å². The molecule has 0 bridgehead atoms. The SMILES string of the molecule is Cc1cn(CCCCCCCCOc2ccc3ccc(=O)oc3c2)cn1. The Balaban J connectivity index is 1.27. The first kappa shape index (κ1) is 18.2. The van der Waals surface area contributed by atoms with Gasteiger partial charge in [-0.15, -0.1) is 0 Å². The second-order valence-corrected chi connectivity index (χ2v) is 6.68. The Morgan fingerprint density at radius 2 is 1.81 bits per heavy atom. The fourth-order valence-corrected chi connectivity index (χ4v) is 3.02. The number of unbranched alkanes of at least 4 members (excludes halogenated alkanes) is 5. The molecular formula is C21H26N2O3. The molecule has 5 nitrogen and oxygen atoms in total. The lowest BCUT2D eigenvalue weighted by Gasteiger charge is -2.07. The number of fused-ring (bicyclic) bond motifs is 1. The number of hydrogen-bond acceptors (Lipinski definition) is 4. The molecular weight excluding hydrogens is 328 g/mol. The van der Waals surface area contributed by atoms with Gasteiger partial charge in [-0.25, -0.2) is 9.78 Å². The summed E-state index contributed by atoms with van der Waals surface area (Å²) in [4.78, 5) is 15.5. The normalized spacial score (nSPS) is 11.1. The van der Waals surface area contributed by atoms with Crippen molar-refractivity contribution in [3.63, 3.8) is 0 Å². The van der Waals surface area contributed by atoms with E-state index in [1.54, 1.807) is 12.1 Å². The van der Waals surface area contributed by atoms with Gasteiger partial charge in [-0.1, -0.05) is 25.7 Å². The lowest BCUT2D eigenvalue weighted by atomic mass is 10.1. The summed E-state index contributed by atoms with van der Waals surface area (Å²) >= 11 is 0. The number of rotatable bonds is 10. The predicted molar refractivity (Wildman–Crippen MR) is 103 cm³/mol. The van der Waals surface area contributed by atoms with E-state index in [9.17, 15) is 4.79 Å². The third kappa shape index (κ3) is 5.48. The Labute approximate surface area is 153 Å². The Kier molecular flexibility index (Phi) is 6.47. The van der Waals surface area contributed by atoms with Gasteiger partial charge in [0.15, 0.2) is 0 Å². The van der Waals surface area contributed by atoms with E-state index in [2.05, 4.69) is 15.7 Å². The van der Waals surface area contributed by atoms with E-state index in [-0.39, 0.29) is 5.63 Å². The molecule has 0 amide bonds. The second-order valence-electron chi connectivity index (χ2n) is 6.68. The van der Waals surface area contributed by atoms with Gasteiger partial charge in [0.1, 0.15) is 11.3 Å². The second kappa shape index (κ2) is 9.22. The first-order valence-corrected chi connectivity index (χ1v) is 9.36. The molecule has 0 aliphatic rings. The smallest absolute Gasteiger partial charge is 0.336 e. The molecule has 2 aromatic heterocycles. The van der Waals surface area contributed by atoms with Crippen LogP contribution in [0.3, 0.4) is 0 Å². The Hall–Kier alpha value is -2.56. The van der Waals surface area contributed by atoms with E-state index >= 15 is 0 Å². The molecule has 0 atom stereocenters. The van der Waals surface area contributed by atoms with E-state index in [1.807, 2.05) is 25.4 Å². The maximum atomic E-state index is 11.3. The Bertz CT molecular complexity index is 882. The monoisotopic (exact) mass is 354 g/mol. The molecule has 0 spiro atoms. The molecule has 2 heterocycles. The Morgan fingerprint density at radius 3 is 2.62 bits per heavy atom. The number of imidazole rings is 1. The number of ether oxygens (including phenoxy) is 1. The van der Waals surface area contributed by atoms with Crippen molar-refractivity contribution in [2.45, 2.75) is 52.0 Å². The number of hydrogen-bond donors (Lipinski definition) is 0. The molecule has 3 rings (SSSR count). The summed E-state index contributed by atoms with van der Waals surface area (Å²) in [6.45, 7) is 3.77. The van der Waals surface area contributed by atoms with Crippen LogP contribution in [0.2, 0.25) is 0 Å². The van der Waals surface area contributed by atoms with Gasteiger partial charge in [0.25, 0.3) is 0 Å². The third-order valence-electron chi connectivity index (χ3n) is 4.44. The molecule has 26 heavy (non-hydrogen) atoms. The highest BCUT2D eigenvalue weighted by molar-refractivity contribution is 5.77. The maximum Gasteiger partial charge on any atom is 0.336 e. The van der Waals surface area contributed by atoms with Gasteiger partial charge in [-0.3, -0.25) is 0 Å². The lowest BCUT2D eigenvalue weighted by Crippen LogP contribution is -1.98. The van der Waals surface area contributed by atoms with Crippen molar-refractivity contribution in [2.75, 3.05) is 6.61 Å². The largest absolute Gasteiger partial charge is 0.493 e. The molecule has 0 unspecified atom stereocenters. The van der Waals surface area contributed by atoms with Crippen LogP contribution in [0.1, 0.15) is 44.2 Å². The van der Waals surface area contributed by atoms with Gasteiger partial charge in [-0.05, 0) is 38.0 Å². The summed E-state index contributed by atoms with van der Waals surface area (Å²) in [7, 11) is 0. The molecule has 0 saturated carbocycles. The van der Waals surface area contributed by atoms with E-state index in [0.717, 1.165) is 29.8 Å². The van der Waals surface area contributed by atoms with Crippen LogP contribution in [-0.4, -0.2) is 16.2 Å². The number of nitrogens with zero attached hydrogens (tertiary/aromatic N) is 2. The van der Waals surface area contributed by atoms with Crippen molar-refractivity contribution in [2.24, 2.45) is 0 Å². The zero-order valence-electron chi connectivity index (χ0n) is 15.3. The molecule has 0 radical (unpaired) electrons. The van der Waals surface area contributed by atoms with Gasteiger partial charge in [0, 0.05) is 30.3 Å². The Morgan fingerprint density at radius 1 is 1.04 bits per heavy atom. The van der Waals surface area contributed by atoms with Crippen molar-refractivity contribution in [1.82, 2.24) is 9.55 Å². The first-order chi connectivity index (χ1) is 12.7. The fourth-order valence-electron chi connectivity index (χ4n) is 3.02. The predicted octanol–water partition coefficient (Wildman–Crippen LogP) is 4.72. The summed E-state index contributed by atoms with van der Waals surface area (Å²) in [5.41, 5.74) is 1.32. The van der Waals surface area contributed by atoms with Crippen molar-refractivity contribution >= 4 is 11.0 Å². The highest BCUT2D eigenvalue weighted by Gasteiger charge is 2.01. The topological polar surface area (TPSA) is 57.3 Å². The van der Waals surface area contributed by atoms with Crippen LogP contribution in [0.5, 0.6) is 5.75 Å². The molecule has 0 N–H and O–H groups in total. The summed E-state index contributed by atoms with van der Waals surface area (Å²) in [6.07, 6.45) is 11.2. The minimum Gasteiger partial charge on any atom is -0.493 e. The molecule has 1 aromatic carbocycles. The number of benzene rings is 1. The van der Waals surface area contributed by atoms with Crippen molar-refractivity contribution < 1.29 is 9.15 Å². The fraction of sp³-hybridized carbons (Fsp3) is 0.429. The zero-order valence-corrected chi connectivity index (χ0v) is 15.3. The van der Waals surface area contributed by atoms with Crippen LogP contribution in [0, 0.1) is 6.92 Å². The van der Waals surface area contributed by atoms with E-state index in [0.29, 0.717) is 12.2 Å². The summed E-state index contributed by atoms with van der Waals surface area (Å²) in [5.74, 6) is 0.752. The minimum absolute atomic E-state index is 0.335. The van der Waals surface area contributed by atoms with Gasteiger partial charge in [-0.2, -0.15) is 0 Å². The van der Waals surface area contributed by atoms with Crippen LogP contribution < -0.4 is 10.4 Å². The lowest BCUT2D eigenvalue weighted by molar-refractivity contribution is 0.304.